The first-order valence-corrected chi connectivity index (χ1v) is 6.12. The van der Waals surface area contributed by atoms with Crippen molar-refractivity contribution in [2.75, 3.05) is 6.54 Å². The lowest BCUT2D eigenvalue weighted by molar-refractivity contribution is 0.597. The molecular formula is C13H19ClFN. The Balaban J connectivity index is 2.86. The largest absolute Gasteiger partial charge is 0.330 e. The molecule has 16 heavy (non-hydrogen) atoms. The maximum absolute atomic E-state index is 13.7. The summed E-state index contributed by atoms with van der Waals surface area (Å²) in [5.41, 5.74) is 7.24. The maximum atomic E-state index is 13.7. The van der Waals surface area contributed by atoms with Crippen LogP contribution in [0.5, 0.6) is 0 Å². The summed E-state index contributed by atoms with van der Waals surface area (Å²) in [5, 5.41) is 0.231. The van der Waals surface area contributed by atoms with Crippen LogP contribution in [0.25, 0.3) is 0 Å². The number of unbranched alkanes of at least 4 members (excludes halogenated alkanes) is 1. The van der Waals surface area contributed by atoms with E-state index >= 15 is 0 Å². The number of rotatable bonds is 5. The molecule has 1 nitrogen and oxygen atoms in total. The summed E-state index contributed by atoms with van der Waals surface area (Å²) in [5.74, 6) is -0.119. The van der Waals surface area contributed by atoms with E-state index in [4.69, 9.17) is 17.3 Å². The average Bonchev–Trinajstić information content (AvgIpc) is 2.23. The Morgan fingerprint density at radius 1 is 1.31 bits per heavy atom. The second-order valence-corrected chi connectivity index (χ2v) is 4.79. The average molecular weight is 244 g/mol. The molecule has 0 heterocycles. The first-order chi connectivity index (χ1) is 7.56. The zero-order chi connectivity index (χ0) is 12.1. The minimum absolute atomic E-state index is 0.159. The van der Waals surface area contributed by atoms with Crippen LogP contribution in [0.3, 0.4) is 0 Å². The molecule has 0 radical (unpaired) electrons. The first kappa shape index (κ1) is 13.5. The van der Waals surface area contributed by atoms with Crippen molar-refractivity contribution in [2.24, 2.45) is 5.73 Å². The smallest absolute Gasteiger partial charge is 0.145 e. The van der Waals surface area contributed by atoms with Crippen molar-refractivity contribution in [1.82, 2.24) is 0 Å². The van der Waals surface area contributed by atoms with Gasteiger partial charge in [-0.3, -0.25) is 0 Å². The number of hydrogen-bond donors (Lipinski definition) is 1. The molecule has 1 aromatic carbocycles. The first-order valence-electron chi connectivity index (χ1n) is 5.74. The Morgan fingerprint density at radius 2 is 2.00 bits per heavy atom. The lowest BCUT2D eigenvalue weighted by atomic mass is 9.98. The Hall–Kier alpha value is -0.600. The van der Waals surface area contributed by atoms with Gasteiger partial charge in [-0.25, -0.2) is 4.39 Å². The highest BCUT2D eigenvalue weighted by atomic mass is 35.5. The Kier molecular flexibility index (Phi) is 5.23. The summed E-state index contributed by atoms with van der Waals surface area (Å²) in [6.45, 7) is 4.64. The highest BCUT2D eigenvalue weighted by molar-refractivity contribution is 6.30. The van der Waals surface area contributed by atoms with E-state index in [1.54, 1.807) is 6.07 Å². The third kappa shape index (κ3) is 3.46. The van der Waals surface area contributed by atoms with Gasteiger partial charge in [-0.05, 0) is 48.9 Å². The van der Waals surface area contributed by atoms with E-state index in [1.165, 1.54) is 0 Å². The van der Waals surface area contributed by atoms with Crippen molar-refractivity contribution in [1.29, 1.82) is 0 Å². The molecule has 0 spiro atoms. The molecule has 0 bridgehead atoms. The monoisotopic (exact) mass is 243 g/mol. The summed E-state index contributed by atoms with van der Waals surface area (Å²) in [6, 6.07) is 3.64. The summed E-state index contributed by atoms with van der Waals surface area (Å²) in [7, 11) is 0. The maximum Gasteiger partial charge on any atom is 0.145 e. The van der Waals surface area contributed by atoms with Gasteiger partial charge in [0.2, 0.25) is 0 Å². The van der Waals surface area contributed by atoms with Gasteiger partial charge in [0.25, 0.3) is 0 Å². The standard InChI is InChI=1S/C13H19ClFN/c1-9(2)11-7-10(5-3-4-6-16)8-12(14)13(11)15/h7-9H,3-6,16H2,1-2H3. The Morgan fingerprint density at radius 3 is 2.56 bits per heavy atom. The van der Waals surface area contributed by atoms with Crippen LogP contribution in [0.1, 0.15) is 43.7 Å². The minimum Gasteiger partial charge on any atom is -0.330 e. The van der Waals surface area contributed by atoms with E-state index in [0.29, 0.717) is 12.1 Å². The van der Waals surface area contributed by atoms with Gasteiger partial charge in [0.1, 0.15) is 5.82 Å². The van der Waals surface area contributed by atoms with Gasteiger partial charge in [-0.1, -0.05) is 31.5 Å². The van der Waals surface area contributed by atoms with Gasteiger partial charge < -0.3 is 5.73 Å². The SMILES string of the molecule is CC(C)c1cc(CCCCN)cc(Cl)c1F. The molecular weight excluding hydrogens is 225 g/mol. The van der Waals surface area contributed by atoms with Crippen molar-refractivity contribution in [3.8, 4) is 0 Å². The van der Waals surface area contributed by atoms with Gasteiger partial charge in [0.15, 0.2) is 0 Å². The van der Waals surface area contributed by atoms with Gasteiger partial charge in [-0.15, -0.1) is 0 Å². The number of halogens is 2. The fraction of sp³-hybridized carbons (Fsp3) is 0.538. The molecule has 90 valence electrons. The van der Waals surface area contributed by atoms with Crippen LogP contribution in [-0.4, -0.2) is 6.54 Å². The molecule has 0 aliphatic rings. The van der Waals surface area contributed by atoms with E-state index in [1.807, 2.05) is 19.9 Å². The normalized spacial score (nSPS) is 11.1. The fourth-order valence-electron chi connectivity index (χ4n) is 1.71. The molecule has 0 aliphatic carbocycles. The van der Waals surface area contributed by atoms with Crippen LogP contribution >= 0.6 is 11.6 Å². The zero-order valence-corrected chi connectivity index (χ0v) is 10.6. The molecule has 0 aliphatic heterocycles. The molecule has 0 saturated heterocycles. The summed E-state index contributed by atoms with van der Waals surface area (Å²) in [4.78, 5) is 0. The lowest BCUT2D eigenvalue weighted by Gasteiger charge is -2.11. The van der Waals surface area contributed by atoms with Crippen LogP contribution in [0.15, 0.2) is 12.1 Å². The van der Waals surface area contributed by atoms with E-state index in [-0.39, 0.29) is 16.8 Å². The van der Waals surface area contributed by atoms with E-state index in [2.05, 4.69) is 0 Å². The number of nitrogens with two attached hydrogens (primary N) is 1. The quantitative estimate of drug-likeness (QED) is 0.781. The molecule has 0 aromatic heterocycles. The van der Waals surface area contributed by atoms with E-state index in [0.717, 1.165) is 24.8 Å². The van der Waals surface area contributed by atoms with E-state index < -0.39 is 0 Å². The molecule has 1 rings (SSSR count). The molecule has 2 N–H and O–H groups in total. The predicted molar refractivity (Wildman–Crippen MR) is 67.5 cm³/mol. The van der Waals surface area contributed by atoms with E-state index in [9.17, 15) is 4.39 Å². The number of benzene rings is 1. The van der Waals surface area contributed by atoms with Crippen molar-refractivity contribution < 1.29 is 4.39 Å². The molecule has 0 atom stereocenters. The molecule has 0 amide bonds. The van der Waals surface area contributed by atoms with Crippen molar-refractivity contribution >= 4 is 11.6 Å². The lowest BCUT2D eigenvalue weighted by Crippen LogP contribution is -2.00. The topological polar surface area (TPSA) is 26.0 Å². The van der Waals surface area contributed by atoms with Crippen LogP contribution < -0.4 is 5.73 Å². The summed E-state index contributed by atoms with van der Waals surface area (Å²) in [6.07, 6.45) is 2.93. The molecule has 1 aromatic rings. The van der Waals surface area contributed by atoms with Gasteiger partial charge >= 0.3 is 0 Å². The van der Waals surface area contributed by atoms with Crippen LogP contribution in [0, 0.1) is 5.82 Å². The third-order valence-electron chi connectivity index (χ3n) is 2.66. The minimum atomic E-state index is -0.278. The van der Waals surface area contributed by atoms with Crippen molar-refractivity contribution in [3.05, 3.63) is 34.1 Å². The van der Waals surface area contributed by atoms with Crippen LogP contribution in [-0.2, 0) is 6.42 Å². The Bertz CT molecular complexity index is 350. The highest BCUT2D eigenvalue weighted by Gasteiger charge is 2.11. The van der Waals surface area contributed by atoms with Crippen molar-refractivity contribution in [2.45, 2.75) is 39.0 Å². The van der Waals surface area contributed by atoms with Gasteiger partial charge in [-0.2, -0.15) is 0 Å². The third-order valence-corrected chi connectivity index (χ3v) is 2.93. The number of hydrogen-bond acceptors (Lipinski definition) is 1. The Labute approximate surface area is 102 Å². The molecule has 0 fully saturated rings. The molecule has 3 heteroatoms. The summed E-state index contributed by atoms with van der Waals surface area (Å²) >= 11 is 5.88. The second kappa shape index (κ2) is 6.21. The number of aryl methyl sites for hydroxylation is 1. The van der Waals surface area contributed by atoms with Crippen molar-refractivity contribution in [3.63, 3.8) is 0 Å². The van der Waals surface area contributed by atoms with Gasteiger partial charge in [0, 0.05) is 0 Å². The predicted octanol–water partition coefficient (Wildman–Crippen LogP) is 3.88. The fourth-order valence-corrected chi connectivity index (χ4v) is 1.96. The molecule has 0 unspecified atom stereocenters. The second-order valence-electron chi connectivity index (χ2n) is 4.38. The van der Waals surface area contributed by atoms with Crippen LogP contribution in [0.4, 0.5) is 4.39 Å². The van der Waals surface area contributed by atoms with Crippen LogP contribution in [0.2, 0.25) is 5.02 Å². The molecule has 0 saturated carbocycles. The zero-order valence-electron chi connectivity index (χ0n) is 9.89. The van der Waals surface area contributed by atoms with Gasteiger partial charge in [0.05, 0.1) is 5.02 Å². The highest BCUT2D eigenvalue weighted by Crippen LogP contribution is 2.27. The summed E-state index contributed by atoms with van der Waals surface area (Å²) < 4.78 is 13.7.